The van der Waals surface area contributed by atoms with Crippen LogP contribution in [0.5, 0.6) is 5.75 Å². The molecule has 0 bridgehead atoms. The summed E-state index contributed by atoms with van der Waals surface area (Å²) in [4.78, 5) is 28.8. The smallest absolute Gasteiger partial charge is 0.163 e. The van der Waals surface area contributed by atoms with Gasteiger partial charge in [-0.2, -0.15) is 5.10 Å². The number of fused-ring (bicyclic) bond motifs is 1. The van der Waals surface area contributed by atoms with Crippen LogP contribution in [-0.2, 0) is 17.6 Å². The molecule has 0 spiro atoms. The van der Waals surface area contributed by atoms with Crippen LogP contribution in [0.15, 0.2) is 103 Å². The van der Waals surface area contributed by atoms with Crippen LogP contribution in [0.2, 0.25) is 5.02 Å². The lowest BCUT2D eigenvalue weighted by atomic mass is 9.87. The summed E-state index contributed by atoms with van der Waals surface area (Å²) < 4.78 is 34.4. The molecule has 9 heteroatoms. The molecule has 1 aliphatic carbocycles. The first-order valence-electron chi connectivity index (χ1n) is 20.1. The lowest BCUT2D eigenvalue weighted by Crippen LogP contribution is -2.02. The van der Waals surface area contributed by atoms with Crippen molar-refractivity contribution in [2.75, 3.05) is 6.61 Å². The standard InChI is InChI=1S/C49H44ClF2N3O3/c1-2-39(40-22-18-35(51)27-43(40)50)47(33-17-23-44-34(25-33)29-53-55-44)31-15-20-38(21-16-31)58-24-5-3-4-7-37(56)19-12-30-10-13-32(14-11-30)49-41-8-6-9-46(57)42-26-36(52)28-45(54-49)48(41)42/h10-11,13-18,20-23,25-29,54H,2-9,12,19,24H2,1H3,(H,53,55)/b47-39+. The number of unbranched alkanes of at least 4 members (excludes halogenated alkanes) is 2. The summed E-state index contributed by atoms with van der Waals surface area (Å²) in [7, 11) is 0. The number of aryl methyl sites for hydroxylation is 2. The average Bonchev–Trinajstić information content (AvgIpc) is 3.81. The summed E-state index contributed by atoms with van der Waals surface area (Å²) >= 11 is 6.59. The van der Waals surface area contributed by atoms with Crippen LogP contribution < -0.4 is 4.74 Å². The molecule has 58 heavy (non-hydrogen) atoms. The summed E-state index contributed by atoms with van der Waals surface area (Å²) in [6.07, 6.45) is 8.66. The number of carbonyl (C=O) groups excluding carboxylic acids is 2. The number of hydrogen-bond donors (Lipinski definition) is 2. The molecule has 5 aromatic carbocycles. The molecule has 0 atom stereocenters. The van der Waals surface area contributed by atoms with Gasteiger partial charge in [0, 0.05) is 46.8 Å². The third-order valence-corrected chi connectivity index (χ3v) is 11.5. The predicted molar refractivity (Wildman–Crippen MR) is 228 cm³/mol. The molecule has 2 N–H and O–H groups in total. The number of aromatic nitrogens is 3. The maximum absolute atomic E-state index is 14.3. The van der Waals surface area contributed by atoms with Gasteiger partial charge in [-0.1, -0.05) is 67.1 Å². The molecule has 0 saturated heterocycles. The maximum Gasteiger partial charge on any atom is 0.163 e. The topological polar surface area (TPSA) is 87.8 Å². The highest BCUT2D eigenvalue weighted by atomic mass is 35.5. The number of rotatable bonds is 15. The summed E-state index contributed by atoms with van der Waals surface area (Å²) in [6, 6.07) is 29.8. The number of benzene rings is 5. The van der Waals surface area contributed by atoms with E-state index in [0.717, 1.165) is 104 Å². The number of halogens is 3. The quantitative estimate of drug-likeness (QED) is 0.0799. The van der Waals surface area contributed by atoms with Gasteiger partial charge in [0.05, 0.1) is 23.3 Å². The van der Waals surface area contributed by atoms with Crippen molar-refractivity contribution in [2.24, 2.45) is 0 Å². The molecule has 1 aliphatic rings. The minimum Gasteiger partial charge on any atom is -0.494 e. The van der Waals surface area contributed by atoms with E-state index in [0.29, 0.717) is 54.8 Å². The van der Waals surface area contributed by atoms with Gasteiger partial charge in [-0.25, -0.2) is 8.78 Å². The number of carbonyl (C=O) groups is 2. The van der Waals surface area contributed by atoms with Crippen LogP contribution >= 0.6 is 11.6 Å². The monoisotopic (exact) mass is 795 g/mol. The lowest BCUT2D eigenvalue weighted by Gasteiger charge is -2.18. The summed E-state index contributed by atoms with van der Waals surface area (Å²) in [5, 5.41) is 9.40. The van der Waals surface area contributed by atoms with Gasteiger partial charge in [0.1, 0.15) is 23.2 Å². The SMILES string of the molecule is CC/C(=C(/c1ccc(OCCCCCC(=O)CCc2ccc(-c3[nH]c4cc(F)cc5c4c3CCCC5=O)cc2)cc1)c1ccc2[nH]ncc2c1)c1ccc(F)cc1Cl. The number of nitrogens with one attached hydrogen (secondary N) is 2. The number of ether oxygens (including phenoxy) is 1. The Kier molecular flexibility index (Phi) is 11.6. The molecule has 0 fully saturated rings. The number of hydrogen-bond acceptors (Lipinski definition) is 4. The fourth-order valence-electron chi connectivity index (χ4n) is 8.25. The molecule has 2 aromatic heterocycles. The molecular formula is C49H44ClF2N3O3. The molecule has 7 aromatic rings. The fraction of sp³-hybridized carbons (Fsp3) is 0.245. The van der Waals surface area contributed by atoms with E-state index in [1.807, 2.05) is 42.5 Å². The van der Waals surface area contributed by atoms with E-state index in [9.17, 15) is 18.4 Å². The van der Waals surface area contributed by atoms with E-state index in [1.165, 1.54) is 24.3 Å². The zero-order valence-corrected chi connectivity index (χ0v) is 33.2. The Hall–Kier alpha value is -5.86. The Morgan fingerprint density at radius 3 is 2.43 bits per heavy atom. The van der Waals surface area contributed by atoms with Crippen molar-refractivity contribution in [1.82, 2.24) is 15.2 Å². The zero-order valence-electron chi connectivity index (χ0n) is 32.4. The van der Waals surface area contributed by atoms with Gasteiger partial charge in [-0.05, 0) is 138 Å². The van der Waals surface area contributed by atoms with Crippen LogP contribution in [-0.4, -0.2) is 33.4 Å². The van der Waals surface area contributed by atoms with Gasteiger partial charge in [0.15, 0.2) is 5.78 Å². The van der Waals surface area contributed by atoms with Gasteiger partial charge in [-0.3, -0.25) is 14.7 Å². The minimum absolute atomic E-state index is 0.00797. The van der Waals surface area contributed by atoms with Crippen LogP contribution in [0.1, 0.15) is 96.5 Å². The Morgan fingerprint density at radius 1 is 0.828 bits per heavy atom. The molecule has 8 rings (SSSR count). The third kappa shape index (κ3) is 8.39. The highest BCUT2D eigenvalue weighted by molar-refractivity contribution is 6.32. The largest absolute Gasteiger partial charge is 0.494 e. The van der Waals surface area contributed by atoms with Gasteiger partial charge < -0.3 is 9.72 Å². The Balaban J connectivity index is 0.828. The van der Waals surface area contributed by atoms with Crippen LogP contribution in [0.3, 0.4) is 0 Å². The summed E-state index contributed by atoms with van der Waals surface area (Å²) in [5.41, 5.74) is 11.0. The van der Waals surface area contributed by atoms with Gasteiger partial charge in [-0.15, -0.1) is 0 Å². The summed E-state index contributed by atoms with van der Waals surface area (Å²) in [6.45, 7) is 2.63. The van der Waals surface area contributed by atoms with E-state index >= 15 is 0 Å². The predicted octanol–water partition coefficient (Wildman–Crippen LogP) is 12.7. The molecule has 0 radical (unpaired) electrons. The van der Waals surface area contributed by atoms with Crippen molar-refractivity contribution < 1.29 is 23.1 Å². The maximum atomic E-state index is 14.3. The first kappa shape index (κ1) is 39.0. The minimum atomic E-state index is -0.408. The third-order valence-electron chi connectivity index (χ3n) is 11.2. The molecule has 2 heterocycles. The van der Waals surface area contributed by atoms with Crippen LogP contribution in [0.25, 0.3) is 44.2 Å². The molecule has 6 nitrogen and oxygen atoms in total. The van der Waals surface area contributed by atoms with Gasteiger partial charge in [0.25, 0.3) is 0 Å². The first-order valence-corrected chi connectivity index (χ1v) is 20.5. The Morgan fingerprint density at radius 2 is 1.64 bits per heavy atom. The van der Waals surface area contributed by atoms with Crippen LogP contribution in [0.4, 0.5) is 8.78 Å². The van der Waals surface area contributed by atoms with E-state index in [-0.39, 0.29) is 17.4 Å². The Bertz CT molecular complexity index is 2660. The first-order chi connectivity index (χ1) is 28.2. The second-order valence-electron chi connectivity index (χ2n) is 15.1. The summed E-state index contributed by atoms with van der Waals surface area (Å²) in [5.74, 6) is 0.226. The van der Waals surface area contributed by atoms with Crippen molar-refractivity contribution in [2.45, 2.75) is 71.1 Å². The van der Waals surface area contributed by atoms with Gasteiger partial charge >= 0.3 is 0 Å². The highest BCUT2D eigenvalue weighted by Gasteiger charge is 2.24. The number of aromatic amines is 2. The van der Waals surface area contributed by atoms with E-state index in [4.69, 9.17) is 16.3 Å². The Labute approximate surface area is 341 Å². The number of ketones is 2. The lowest BCUT2D eigenvalue weighted by molar-refractivity contribution is -0.119. The van der Waals surface area contributed by atoms with Crippen molar-refractivity contribution in [3.8, 4) is 17.0 Å². The number of allylic oxidation sites excluding steroid dienone is 1. The second-order valence-corrected chi connectivity index (χ2v) is 15.5. The van der Waals surface area contributed by atoms with Crippen molar-refractivity contribution in [1.29, 1.82) is 0 Å². The highest BCUT2D eigenvalue weighted by Crippen LogP contribution is 2.39. The van der Waals surface area contributed by atoms with Gasteiger partial charge in [0.2, 0.25) is 0 Å². The second kappa shape index (κ2) is 17.3. The molecular weight excluding hydrogens is 752 g/mol. The number of Topliss-reactive ketones (excluding diaryl/α,β-unsaturated/α-hetero) is 2. The van der Waals surface area contributed by atoms with Crippen molar-refractivity contribution >= 4 is 56.1 Å². The molecule has 0 saturated carbocycles. The van der Waals surface area contributed by atoms with E-state index < -0.39 is 5.82 Å². The van der Waals surface area contributed by atoms with E-state index in [1.54, 1.807) is 12.3 Å². The number of H-pyrrole nitrogens is 2. The molecule has 294 valence electrons. The number of nitrogens with zero attached hydrogens (tertiary/aromatic N) is 1. The van der Waals surface area contributed by atoms with Crippen LogP contribution in [0, 0.1) is 11.6 Å². The van der Waals surface area contributed by atoms with Crippen molar-refractivity contribution in [3.05, 3.63) is 153 Å². The van der Waals surface area contributed by atoms with E-state index in [2.05, 4.69) is 46.4 Å². The van der Waals surface area contributed by atoms with Crippen molar-refractivity contribution in [3.63, 3.8) is 0 Å². The zero-order chi connectivity index (χ0) is 40.2. The molecule has 0 unspecified atom stereocenters. The molecule has 0 aliphatic heterocycles. The normalized spacial score (nSPS) is 13.2. The average molecular weight is 796 g/mol. The fourth-order valence-corrected chi connectivity index (χ4v) is 8.53. The molecule has 0 amide bonds.